The predicted molar refractivity (Wildman–Crippen MR) is 90.3 cm³/mol. The van der Waals surface area contributed by atoms with E-state index < -0.39 is 0 Å². The van der Waals surface area contributed by atoms with Crippen LogP contribution in [0.5, 0.6) is 5.75 Å². The van der Waals surface area contributed by atoms with Crippen molar-refractivity contribution in [1.29, 1.82) is 0 Å². The molecule has 1 aromatic heterocycles. The van der Waals surface area contributed by atoms with Gasteiger partial charge in [0.1, 0.15) is 11.4 Å². The number of methoxy groups -OCH3 is 1. The Bertz CT molecular complexity index is 781. The SMILES string of the molecule is COCOc1cc(C)ccc1-c1nnc(Cl)c2c1C1CCC(C2)O1. The van der Waals surface area contributed by atoms with Gasteiger partial charge in [-0.05, 0) is 37.5 Å². The molecule has 2 atom stereocenters. The van der Waals surface area contributed by atoms with Gasteiger partial charge in [0.15, 0.2) is 11.9 Å². The van der Waals surface area contributed by atoms with E-state index in [2.05, 4.69) is 10.2 Å². The van der Waals surface area contributed by atoms with E-state index in [1.54, 1.807) is 7.11 Å². The van der Waals surface area contributed by atoms with Crippen LogP contribution in [0.15, 0.2) is 18.2 Å². The molecule has 0 N–H and O–H groups in total. The molecule has 6 heteroatoms. The highest BCUT2D eigenvalue weighted by atomic mass is 35.5. The zero-order chi connectivity index (χ0) is 16.7. The van der Waals surface area contributed by atoms with Crippen LogP contribution < -0.4 is 4.74 Å². The number of aryl methyl sites for hydroxylation is 1. The molecule has 126 valence electrons. The van der Waals surface area contributed by atoms with Crippen LogP contribution in [0.1, 0.15) is 35.6 Å². The van der Waals surface area contributed by atoms with Gasteiger partial charge >= 0.3 is 0 Å². The van der Waals surface area contributed by atoms with Gasteiger partial charge in [0.05, 0.1) is 12.2 Å². The standard InChI is InChI=1S/C18H19ClN2O3/c1-10-3-5-12(15(7-10)23-9-22-2)17-16-13(18(19)21-20-17)8-11-4-6-14(16)24-11/h3,5,7,11,14H,4,6,8-9H2,1-2H3. The summed E-state index contributed by atoms with van der Waals surface area (Å²) < 4.78 is 16.9. The lowest BCUT2D eigenvalue weighted by atomic mass is 9.94. The van der Waals surface area contributed by atoms with Crippen LogP contribution in [0, 0.1) is 6.92 Å². The molecule has 2 unspecified atom stereocenters. The summed E-state index contributed by atoms with van der Waals surface area (Å²) in [4.78, 5) is 0. The van der Waals surface area contributed by atoms with E-state index in [-0.39, 0.29) is 19.0 Å². The quantitative estimate of drug-likeness (QED) is 0.787. The molecule has 1 fully saturated rings. The second-order valence-corrected chi connectivity index (χ2v) is 6.67. The molecule has 2 aliphatic heterocycles. The lowest BCUT2D eigenvalue weighted by Gasteiger charge is -2.26. The number of rotatable bonds is 4. The Morgan fingerprint density at radius 1 is 1.29 bits per heavy atom. The summed E-state index contributed by atoms with van der Waals surface area (Å²) in [6.45, 7) is 2.21. The largest absolute Gasteiger partial charge is 0.467 e. The lowest BCUT2D eigenvalue weighted by molar-refractivity contribution is 0.0323. The van der Waals surface area contributed by atoms with E-state index in [9.17, 15) is 0 Å². The Kier molecular flexibility index (Phi) is 4.16. The van der Waals surface area contributed by atoms with Crippen molar-refractivity contribution in [2.45, 2.75) is 38.4 Å². The van der Waals surface area contributed by atoms with Gasteiger partial charge in [0.2, 0.25) is 0 Å². The second-order valence-electron chi connectivity index (χ2n) is 6.31. The van der Waals surface area contributed by atoms with Gasteiger partial charge in [0.25, 0.3) is 0 Å². The molecule has 2 bridgehead atoms. The van der Waals surface area contributed by atoms with Crippen molar-refractivity contribution in [2.24, 2.45) is 0 Å². The fraction of sp³-hybridized carbons (Fsp3) is 0.444. The normalized spacial score (nSPS) is 21.6. The van der Waals surface area contributed by atoms with E-state index in [1.165, 1.54) is 0 Å². The van der Waals surface area contributed by atoms with Crippen LogP contribution in [0.2, 0.25) is 5.15 Å². The number of fused-ring (bicyclic) bond motifs is 4. The molecule has 0 aliphatic carbocycles. The number of ether oxygens (including phenoxy) is 3. The Morgan fingerprint density at radius 3 is 3.00 bits per heavy atom. The molecule has 0 radical (unpaired) electrons. The first-order valence-electron chi connectivity index (χ1n) is 8.10. The smallest absolute Gasteiger partial charge is 0.188 e. The molecule has 1 aromatic carbocycles. The maximum absolute atomic E-state index is 6.33. The predicted octanol–water partition coefficient (Wildman–Crippen LogP) is 3.86. The maximum atomic E-state index is 6.33. The Balaban J connectivity index is 1.86. The van der Waals surface area contributed by atoms with Crippen molar-refractivity contribution in [2.75, 3.05) is 13.9 Å². The van der Waals surface area contributed by atoms with Gasteiger partial charge in [-0.15, -0.1) is 10.2 Å². The second kappa shape index (κ2) is 6.31. The minimum absolute atomic E-state index is 0.0401. The van der Waals surface area contributed by atoms with Crippen molar-refractivity contribution >= 4 is 11.6 Å². The number of aromatic nitrogens is 2. The highest BCUT2D eigenvalue weighted by Gasteiger charge is 2.38. The summed E-state index contributed by atoms with van der Waals surface area (Å²) in [5, 5.41) is 9.06. The molecule has 0 amide bonds. The summed E-state index contributed by atoms with van der Waals surface area (Å²) in [5.41, 5.74) is 4.93. The molecule has 3 heterocycles. The molecule has 24 heavy (non-hydrogen) atoms. The molecule has 1 saturated heterocycles. The van der Waals surface area contributed by atoms with Crippen molar-refractivity contribution in [1.82, 2.24) is 10.2 Å². The van der Waals surface area contributed by atoms with Gasteiger partial charge in [-0.3, -0.25) is 0 Å². The molecule has 5 nitrogen and oxygen atoms in total. The maximum Gasteiger partial charge on any atom is 0.188 e. The molecule has 4 rings (SSSR count). The Labute approximate surface area is 145 Å². The highest BCUT2D eigenvalue weighted by Crippen LogP contribution is 2.47. The molecule has 2 aromatic rings. The van der Waals surface area contributed by atoms with E-state index in [0.717, 1.165) is 53.0 Å². The minimum atomic E-state index is 0.0401. The first-order chi connectivity index (χ1) is 11.7. The van der Waals surface area contributed by atoms with Crippen LogP contribution in [-0.2, 0) is 15.9 Å². The molecule has 0 spiro atoms. The fourth-order valence-electron chi connectivity index (χ4n) is 3.57. The summed E-state index contributed by atoms with van der Waals surface area (Å²) in [6, 6.07) is 6.04. The van der Waals surface area contributed by atoms with Crippen LogP contribution in [0.25, 0.3) is 11.3 Å². The Hall–Kier alpha value is -1.69. The van der Waals surface area contributed by atoms with Crippen molar-refractivity contribution in [3.05, 3.63) is 40.0 Å². The molecular formula is C18H19ClN2O3. The van der Waals surface area contributed by atoms with Gasteiger partial charge < -0.3 is 14.2 Å². The van der Waals surface area contributed by atoms with E-state index in [0.29, 0.717) is 5.15 Å². The summed E-state index contributed by atoms with van der Waals surface area (Å²) in [6.07, 6.45) is 3.13. The first-order valence-corrected chi connectivity index (χ1v) is 8.48. The molecule has 0 saturated carbocycles. The number of hydrogen-bond acceptors (Lipinski definition) is 5. The van der Waals surface area contributed by atoms with Crippen molar-refractivity contribution in [3.63, 3.8) is 0 Å². The zero-order valence-corrected chi connectivity index (χ0v) is 14.5. The van der Waals surface area contributed by atoms with Crippen molar-refractivity contribution < 1.29 is 14.2 Å². The monoisotopic (exact) mass is 346 g/mol. The van der Waals surface area contributed by atoms with Crippen LogP contribution >= 0.6 is 11.6 Å². The average molecular weight is 347 g/mol. The minimum Gasteiger partial charge on any atom is -0.467 e. The third-order valence-corrected chi connectivity index (χ3v) is 4.96. The van der Waals surface area contributed by atoms with Gasteiger partial charge in [-0.2, -0.15) is 0 Å². The summed E-state index contributed by atoms with van der Waals surface area (Å²) >= 11 is 6.33. The van der Waals surface area contributed by atoms with Crippen LogP contribution in [0.4, 0.5) is 0 Å². The third kappa shape index (κ3) is 2.66. The van der Waals surface area contributed by atoms with E-state index >= 15 is 0 Å². The number of hydrogen-bond donors (Lipinski definition) is 0. The van der Waals surface area contributed by atoms with Crippen molar-refractivity contribution in [3.8, 4) is 17.0 Å². The van der Waals surface area contributed by atoms with Crippen LogP contribution in [0.3, 0.4) is 0 Å². The summed E-state index contributed by atoms with van der Waals surface area (Å²) in [7, 11) is 1.60. The zero-order valence-electron chi connectivity index (χ0n) is 13.7. The third-order valence-electron chi connectivity index (χ3n) is 4.65. The number of benzene rings is 1. The number of nitrogens with zero attached hydrogens (tertiary/aromatic N) is 2. The van der Waals surface area contributed by atoms with Gasteiger partial charge in [-0.1, -0.05) is 17.7 Å². The van der Waals surface area contributed by atoms with E-state index in [1.807, 2.05) is 25.1 Å². The number of halogens is 1. The fourth-order valence-corrected chi connectivity index (χ4v) is 3.78. The summed E-state index contributed by atoms with van der Waals surface area (Å²) in [5.74, 6) is 0.732. The Morgan fingerprint density at radius 2 is 2.17 bits per heavy atom. The highest BCUT2D eigenvalue weighted by molar-refractivity contribution is 6.30. The van der Waals surface area contributed by atoms with Gasteiger partial charge in [0, 0.05) is 30.2 Å². The molecule has 2 aliphatic rings. The van der Waals surface area contributed by atoms with E-state index in [4.69, 9.17) is 25.8 Å². The van der Waals surface area contributed by atoms with Crippen LogP contribution in [-0.4, -0.2) is 30.2 Å². The first kappa shape index (κ1) is 15.8. The van der Waals surface area contributed by atoms with Gasteiger partial charge in [-0.25, -0.2) is 0 Å². The lowest BCUT2D eigenvalue weighted by Crippen LogP contribution is -2.20. The average Bonchev–Trinajstić information content (AvgIpc) is 2.96. The molecular weight excluding hydrogens is 328 g/mol. The topological polar surface area (TPSA) is 53.5 Å².